The van der Waals surface area contributed by atoms with Gasteiger partial charge >= 0.3 is 0 Å². The Morgan fingerprint density at radius 3 is 2.94 bits per heavy atom. The van der Waals surface area contributed by atoms with Gasteiger partial charge in [0, 0.05) is 23.5 Å². The number of imidazole rings is 1. The van der Waals surface area contributed by atoms with Crippen molar-refractivity contribution in [1.29, 1.82) is 0 Å². The maximum Gasteiger partial charge on any atom is 0.215 e. The van der Waals surface area contributed by atoms with Crippen molar-refractivity contribution in [2.45, 2.75) is 0 Å². The molecule has 0 fully saturated rings. The number of aromatic hydroxyl groups is 1. The molecule has 2 aromatic rings. The van der Waals surface area contributed by atoms with Gasteiger partial charge in [-0.1, -0.05) is 11.6 Å². The predicted octanol–water partition coefficient (Wildman–Crippen LogP) is 3.08. The highest BCUT2D eigenvalue weighted by Gasteiger charge is 2.15. The second-order valence-corrected chi connectivity index (χ2v) is 4.57. The van der Waals surface area contributed by atoms with Crippen molar-refractivity contribution in [2.24, 2.45) is 4.99 Å². The van der Waals surface area contributed by atoms with E-state index in [1.165, 1.54) is 0 Å². The van der Waals surface area contributed by atoms with E-state index in [-0.39, 0.29) is 5.88 Å². The van der Waals surface area contributed by atoms with Crippen LogP contribution in [-0.2, 0) is 0 Å². The summed E-state index contributed by atoms with van der Waals surface area (Å²) in [7, 11) is 0. The van der Waals surface area contributed by atoms with Gasteiger partial charge in [-0.2, -0.15) is 0 Å². The van der Waals surface area contributed by atoms with Crippen LogP contribution in [0.1, 0.15) is 11.3 Å². The molecule has 0 saturated heterocycles. The minimum Gasteiger partial charge on any atom is -0.493 e. The molecule has 0 spiro atoms. The summed E-state index contributed by atoms with van der Waals surface area (Å²) in [5, 5.41) is 10.1. The molecule has 3 heterocycles. The quantitative estimate of drug-likeness (QED) is 0.702. The van der Waals surface area contributed by atoms with E-state index in [2.05, 4.69) is 19.9 Å². The third-order valence-corrected chi connectivity index (χ3v) is 2.92. The van der Waals surface area contributed by atoms with E-state index in [4.69, 9.17) is 23.8 Å². The topological polar surface area (TPSA) is 77.1 Å². The van der Waals surface area contributed by atoms with E-state index in [0.717, 1.165) is 11.1 Å². The Morgan fingerprint density at radius 1 is 1.39 bits per heavy atom. The summed E-state index contributed by atoms with van der Waals surface area (Å²) in [6.45, 7) is 0. The van der Waals surface area contributed by atoms with Gasteiger partial charge in [0.2, 0.25) is 5.88 Å². The normalized spacial score (nSPS) is 15.3. The molecule has 0 amide bonds. The zero-order valence-corrected chi connectivity index (χ0v) is 10.5. The summed E-state index contributed by atoms with van der Waals surface area (Å²) < 4.78 is 0.360. The molecule has 3 rings (SSSR count). The Hall–Kier alpha value is -1.92. The Balaban J connectivity index is 2.11. The van der Waals surface area contributed by atoms with E-state index in [1.54, 1.807) is 24.6 Å². The summed E-state index contributed by atoms with van der Waals surface area (Å²) >= 11 is 10.8. The number of halogens is 1. The van der Waals surface area contributed by atoms with Crippen LogP contribution in [-0.4, -0.2) is 26.3 Å². The van der Waals surface area contributed by atoms with Gasteiger partial charge in [0.05, 0.1) is 5.02 Å². The molecule has 5 nitrogen and oxygen atoms in total. The average molecular weight is 279 g/mol. The molecular weight excluding hydrogens is 272 g/mol. The lowest BCUT2D eigenvalue weighted by Crippen LogP contribution is -1.83. The van der Waals surface area contributed by atoms with Crippen LogP contribution in [0.2, 0.25) is 5.02 Å². The number of nitrogens with zero attached hydrogens (tertiary/aromatic N) is 2. The molecular formula is C11H7ClN4OS. The molecule has 90 valence electrons. The van der Waals surface area contributed by atoms with Crippen molar-refractivity contribution in [3.63, 3.8) is 0 Å². The smallest absolute Gasteiger partial charge is 0.215 e. The average Bonchev–Trinajstić information content (AvgIpc) is 2.84. The zero-order valence-electron chi connectivity index (χ0n) is 8.94. The lowest BCUT2D eigenvalue weighted by molar-refractivity contribution is 0.455. The molecule has 7 heteroatoms. The summed E-state index contributed by atoms with van der Waals surface area (Å²) in [4.78, 5) is 13.7. The number of H-pyrrole nitrogens is 2. The molecule has 2 aromatic heterocycles. The van der Waals surface area contributed by atoms with Gasteiger partial charge in [-0.05, 0) is 24.4 Å². The van der Waals surface area contributed by atoms with Gasteiger partial charge in [-0.3, -0.25) is 0 Å². The molecule has 0 aliphatic carbocycles. The highest BCUT2D eigenvalue weighted by atomic mass is 35.5. The van der Waals surface area contributed by atoms with Crippen molar-refractivity contribution < 1.29 is 5.11 Å². The zero-order chi connectivity index (χ0) is 12.7. The summed E-state index contributed by atoms with van der Waals surface area (Å²) in [6, 6.07) is 1.78. The minimum atomic E-state index is -0.00987. The van der Waals surface area contributed by atoms with Crippen LogP contribution in [0.3, 0.4) is 0 Å². The fourth-order valence-corrected chi connectivity index (χ4v) is 2.07. The van der Waals surface area contributed by atoms with Crippen LogP contribution in [0.25, 0.3) is 11.6 Å². The molecule has 0 bridgehead atoms. The summed E-state index contributed by atoms with van der Waals surface area (Å²) in [5.74, 6) is 0.601. The van der Waals surface area contributed by atoms with E-state index in [1.807, 2.05) is 0 Å². The lowest BCUT2D eigenvalue weighted by Gasteiger charge is -1.99. The SMILES string of the molecule is Oc1[nH]c(=S)[nH]c1/C=C1\C=Nc2ncc(Cl)cc21. The largest absolute Gasteiger partial charge is 0.493 e. The number of aromatic nitrogens is 3. The minimum absolute atomic E-state index is 0.00987. The van der Waals surface area contributed by atoms with Crippen LogP contribution in [0.5, 0.6) is 5.88 Å². The number of hydrogen-bond acceptors (Lipinski definition) is 4. The van der Waals surface area contributed by atoms with Gasteiger partial charge in [0.25, 0.3) is 0 Å². The van der Waals surface area contributed by atoms with Crippen molar-refractivity contribution in [2.75, 3.05) is 0 Å². The number of fused-ring (bicyclic) bond motifs is 1. The van der Waals surface area contributed by atoms with E-state index in [9.17, 15) is 5.11 Å². The number of pyridine rings is 1. The molecule has 1 aliphatic rings. The fraction of sp³-hybridized carbons (Fsp3) is 0. The number of nitrogens with one attached hydrogen (secondary N) is 2. The summed E-state index contributed by atoms with van der Waals surface area (Å²) in [6.07, 6.45) is 4.94. The predicted molar refractivity (Wildman–Crippen MR) is 72.9 cm³/mol. The fourth-order valence-electron chi connectivity index (χ4n) is 1.71. The van der Waals surface area contributed by atoms with Gasteiger partial charge in [-0.15, -0.1) is 0 Å². The van der Waals surface area contributed by atoms with Crippen LogP contribution in [0, 0.1) is 4.77 Å². The second-order valence-electron chi connectivity index (χ2n) is 3.72. The van der Waals surface area contributed by atoms with Crippen LogP contribution in [0.15, 0.2) is 17.3 Å². The number of aliphatic imine (C=N–C) groups is 1. The Kier molecular flexibility index (Phi) is 2.53. The first kappa shape index (κ1) is 11.2. The third kappa shape index (κ3) is 1.85. The highest BCUT2D eigenvalue weighted by Crippen LogP contribution is 2.33. The number of allylic oxidation sites excluding steroid dienone is 1. The molecule has 18 heavy (non-hydrogen) atoms. The van der Waals surface area contributed by atoms with E-state index >= 15 is 0 Å². The van der Waals surface area contributed by atoms with Crippen LogP contribution >= 0.6 is 23.8 Å². The van der Waals surface area contributed by atoms with Gasteiger partial charge in [0.15, 0.2) is 10.6 Å². The second kappa shape index (κ2) is 4.08. The number of aromatic amines is 2. The summed E-state index contributed by atoms with van der Waals surface area (Å²) in [5.41, 5.74) is 2.12. The molecule has 0 saturated carbocycles. The maximum absolute atomic E-state index is 9.61. The Labute approximate surface area is 112 Å². The van der Waals surface area contributed by atoms with Crippen molar-refractivity contribution in [3.05, 3.63) is 33.3 Å². The van der Waals surface area contributed by atoms with Crippen LogP contribution in [0.4, 0.5) is 5.82 Å². The Bertz CT molecular complexity index is 744. The standard InChI is InChI=1S/C11H7ClN4OS/c12-6-2-7-5(3-13-9(7)14-4-6)1-8-10(17)16-11(18)15-8/h1-4,17H,(H2,15,16,18)/b5-1+. The van der Waals surface area contributed by atoms with Gasteiger partial charge in [0.1, 0.15) is 5.69 Å². The molecule has 0 radical (unpaired) electrons. The first-order valence-electron chi connectivity index (χ1n) is 5.06. The van der Waals surface area contributed by atoms with Crippen molar-refractivity contribution >= 4 is 47.5 Å². The van der Waals surface area contributed by atoms with E-state index in [0.29, 0.717) is 21.3 Å². The molecule has 0 aromatic carbocycles. The van der Waals surface area contributed by atoms with Gasteiger partial charge < -0.3 is 15.1 Å². The maximum atomic E-state index is 9.61. The highest BCUT2D eigenvalue weighted by molar-refractivity contribution is 7.71. The first-order chi connectivity index (χ1) is 8.63. The van der Waals surface area contributed by atoms with Crippen molar-refractivity contribution in [1.82, 2.24) is 15.0 Å². The molecule has 0 unspecified atom stereocenters. The number of rotatable bonds is 1. The van der Waals surface area contributed by atoms with Crippen molar-refractivity contribution in [3.8, 4) is 5.88 Å². The first-order valence-corrected chi connectivity index (χ1v) is 5.85. The molecule has 0 atom stereocenters. The van der Waals surface area contributed by atoms with Crippen LogP contribution < -0.4 is 0 Å². The molecule has 3 N–H and O–H groups in total. The monoisotopic (exact) mass is 278 g/mol. The third-order valence-electron chi connectivity index (χ3n) is 2.51. The van der Waals surface area contributed by atoms with Gasteiger partial charge in [-0.25, -0.2) is 9.98 Å². The number of hydrogen-bond donors (Lipinski definition) is 3. The molecule has 1 aliphatic heterocycles. The van der Waals surface area contributed by atoms with E-state index < -0.39 is 0 Å². The Morgan fingerprint density at radius 2 is 2.22 bits per heavy atom. The lowest BCUT2D eigenvalue weighted by atomic mass is 10.1.